The van der Waals surface area contributed by atoms with Gasteiger partial charge in [0.05, 0.1) is 0 Å². The Bertz CT molecular complexity index is 431. The summed E-state index contributed by atoms with van der Waals surface area (Å²) in [4.78, 5) is 6.96. The summed E-state index contributed by atoms with van der Waals surface area (Å²) >= 11 is 0. The van der Waals surface area contributed by atoms with Crippen molar-refractivity contribution >= 4 is 0 Å². The molecule has 0 aliphatic heterocycles. The molecule has 0 spiro atoms. The van der Waals surface area contributed by atoms with Crippen LogP contribution in [0.2, 0.25) is 0 Å². The summed E-state index contributed by atoms with van der Waals surface area (Å²) in [6.07, 6.45) is 2.68. The van der Waals surface area contributed by atoms with Crippen molar-refractivity contribution in [3.8, 4) is 0 Å². The van der Waals surface area contributed by atoms with E-state index in [1.54, 1.807) is 12.4 Å². The Kier molecular flexibility index (Phi) is 3.06. The Labute approximate surface area is 95.2 Å². The van der Waals surface area contributed by atoms with Crippen LogP contribution in [0.25, 0.3) is 0 Å². The van der Waals surface area contributed by atoms with Crippen LogP contribution in [-0.2, 0) is 0 Å². The number of aliphatic hydroxyl groups is 1. The van der Waals surface area contributed by atoms with Gasteiger partial charge in [-0.25, -0.2) is 4.98 Å². The molecule has 0 bridgehead atoms. The maximum atomic E-state index is 10.0. The molecule has 1 aromatic heterocycles. The second-order valence-corrected chi connectivity index (χ2v) is 4.20. The van der Waals surface area contributed by atoms with Crippen molar-refractivity contribution in [2.24, 2.45) is 0 Å². The highest BCUT2D eigenvalue weighted by Crippen LogP contribution is 2.21. The summed E-state index contributed by atoms with van der Waals surface area (Å²) in [7, 11) is 0. The summed E-state index contributed by atoms with van der Waals surface area (Å²) in [6.45, 7) is 4.30. The van der Waals surface area contributed by atoms with Crippen molar-refractivity contribution in [2.75, 3.05) is 0 Å². The molecular formula is C13H16N2O. The minimum absolute atomic E-state index is 0.509. The first-order chi connectivity index (χ1) is 7.68. The topological polar surface area (TPSA) is 48.9 Å². The molecule has 0 radical (unpaired) electrons. The number of hydrogen-bond donors (Lipinski definition) is 2. The fourth-order valence-corrected chi connectivity index (χ4v) is 1.65. The van der Waals surface area contributed by atoms with E-state index in [0.29, 0.717) is 11.7 Å². The molecule has 3 heteroatoms. The molecule has 2 aromatic rings. The van der Waals surface area contributed by atoms with Gasteiger partial charge in [0.1, 0.15) is 11.9 Å². The molecule has 84 valence electrons. The number of aliphatic hydroxyl groups excluding tert-OH is 1. The van der Waals surface area contributed by atoms with Gasteiger partial charge in [-0.1, -0.05) is 38.1 Å². The SMILES string of the molecule is CC(C)c1ccc(C(O)c2ncc[nH]2)cc1. The lowest BCUT2D eigenvalue weighted by Gasteiger charge is -2.10. The largest absolute Gasteiger partial charge is 0.380 e. The smallest absolute Gasteiger partial charge is 0.139 e. The third-order valence-electron chi connectivity index (χ3n) is 2.70. The van der Waals surface area contributed by atoms with Crippen molar-refractivity contribution in [3.63, 3.8) is 0 Å². The zero-order valence-electron chi connectivity index (χ0n) is 9.51. The maximum absolute atomic E-state index is 10.0. The third kappa shape index (κ3) is 2.14. The third-order valence-corrected chi connectivity index (χ3v) is 2.70. The Hall–Kier alpha value is -1.61. The van der Waals surface area contributed by atoms with Crippen LogP contribution in [0.5, 0.6) is 0 Å². The van der Waals surface area contributed by atoms with Gasteiger partial charge in [0.15, 0.2) is 0 Å². The summed E-state index contributed by atoms with van der Waals surface area (Å²) < 4.78 is 0. The highest BCUT2D eigenvalue weighted by atomic mass is 16.3. The van der Waals surface area contributed by atoms with Gasteiger partial charge in [-0.15, -0.1) is 0 Å². The monoisotopic (exact) mass is 216 g/mol. The molecular weight excluding hydrogens is 200 g/mol. The second-order valence-electron chi connectivity index (χ2n) is 4.20. The van der Waals surface area contributed by atoms with Crippen LogP contribution < -0.4 is 0 Å². The normalized spacial score (nSPS) is 13.0. The predicted molar refractivity (Wildman–Crippen MR) is 63.2 cm³/mol. The van der Waals surface area contributed by atoms with E-state index in [1.807, 2.05) is 24.3 Å². The summed E-state index contributed by atoms with van der Waals surface area (Å²) in [6, 6.07) is 7.99. The van der Waals surface area contributed by atoms with E-state index in [4.69, 9.17) is 0 Å². The van der Waals surface area contributed by atoms with Gasteiger partial charge in [-0.3, -0.25) is 0 Å². The first-order valence-corrected chi connectivity index (χ1v) is 5.45. The number of imidazole rings is 1. The molecule has 0 fully saturated rings. The van der Waals surface area contributed by atoms with Crippen LogP contribution in [-0.4, -0.2) is 15.1 Å². The summed E-state index contributed by atoms with van der Waals surface area (Å²) in [5.41, 5.74) is 2.13. The van der Waals surface area contributed by atoms with Crippen molar-refractivity contribution in [3.05, 3.63) is 53.6 Å². The van der Waals surface area contributed by atoms with Crippen LogP contribution >= 0.6 is 0 Å². The predicted octanol–water partition coefficient (Wildman–Crippen LogP) is 2.61. The Morgan fingerprint density at radius 1 is 1.12 bits per heavy atom. The molecule has 0 saturated heterocycles. The molecule has 3 nitrogen and oxygen atoms in total. The number of H-pyrrole nitrogens is 1. The van der Waals surface area contributed by atoms with E-state index in [9.17, 15) is 5.11 Å². The highest BCUT2D eigenvalue weighted by molar-refractivity contribution is 5.28. The fraction of sp³-hybridized carbons (Fsp3) is 0.308. The number of nitrogens with one attached hydrogen (secondary N) is 1. The average Bonchev–Trinajstić information content (AvgIpc) is 2.81. The van der Waals surface area contributed by atoms with Crippen molar-refractivity contribution < 1.29 is 5.11 Å². The minimum atomic E-state index is -0.670. The van der Waals surface area contributed by atoms with Crippen LogP contribution in [0.15, 0.2) is 36.7 Å². The fourth-order valence-electron chi connectivity index (χ4n) is 1.65. The summed E-state index contributed by atoms with van der Waals surface area (Å²) in [5.74, 6) is 1.09. The molecule has 0 aliphatic carbocycles. The first-order valence-electron chi connectivity index (χ1n) is 5.45. The maximum Gasteiger partial charge on any atom is 0.139 e. The molecule has 2 rings (SSSR count). The number of hydrogen-bond acceptors (Lipinski definition) is 2. The van der Waals surface area contributed by atoms with E-state index in [-0.39, 0.29) is 0 Å². The van der Waals surface area contributed by atoms with Crippen molar-refractivity contribution in [2.45, 2.75) is 25.9 Å². The number of nitrogens with zero attached hydrogens (tertiary/aromatic N) is 1. The van der Waals surface area contributed by atoms with Crippen LogP contribution in [0.1, 0.15) is 42.8 Å². The minimum Gasteiger partial charge on any atom is -0.380 e. The number of aromatic nitrogens is 2. The zero-order valence-corrected chi connectivity index (χ0v) is 9.51. The highest BCUT2D eigenvalue weighted by Gasteiger charge is 2.12. The van der Waals surface area contributed by atoms with Gasteiger partial charge < -0.3 is 10.1 Å². The lowest BCUT2D eigenvalue weighted by atomic mass is 10.00. The first kappa shape index (κ1) is 10.9. The van der Waals surface area contributed by atoms with E-state index in [2.05, 4.69) is 23.8 Å². The molecule has 1 aromatic carbocycles. The van der Waals surface area contributed by atoms with Crippen LogP contribution in [0, 0.1) is 0 Å². The van der Waals surface area contributed by atoms with E-state index in [1.165, 1.54) is 5.56 Å². The van der Waals surface area contributed by atoms with Gasteiger partial charge in [0.25, 0.3) is 0 Å². The van der Waals surface area contributed by atoms with Gasteiger partial charge >= 0.3 is 0 Å². The molecule has 0 amide bonds. The van der Waals surface area contributed by atoms with E-state index in [0.717, 1.165) is 5.56 Å². The molecule has 2 N–H and O–H groups in total. The zero-order chi connectivity index (χ0) is 11.5. The lowest BCUT2D eigenvalue weighted by molar-refractivity contribution is 0.211. The van der Waals surface area contributed by atoms with E-state index >= 15 is 0 Å². The Morgan fingerprint density at radius 3 is 2.25 bits per heavy atom. The number of rotatable bonds is 3. The number of benzene rings is 1. The molecule has 1 heterocycles. The van der Waals surface area contributed by atoms with Gasteiger partial charge in [-0.2, -0.15) is 0 Å². The van der Waals surface area contributed by atoms with Crippen molar-refractivity contribution in [1.82, 2.24) is 9.97 Å². The van der Waals surface area contributed by atoms with Gasteiger partial charge in [0, 0.05) is 12.4 Å². The van der Waals surface area contributed by atoms with Gasteiger partial charge in [0.2, 0.25) is 0 Å². The lowest BCUT2D eigenvalue weighted by Crippen LogP contribution is -2.02. The molecule has 1 unspecified atom stereocenters. The number of aromatic amines is 1. The van der Waals surface area contributed by atoms with Gasteiger partial charge in [-0.05, 0) is 17.0 Å². The Morgan fingerprint density at radius 2 is 1.75 bits per heavy atom. The molecule has 16 heavy (non-hydrogen) atoms. The summed E-state index contributed by atoms with van der Waals surface area (Å²) in [5, 5.41) is 10.0. The molecule has 0 saturated carbocycles. The van der Waals surface area contributed by atoms with E-state index < -0.39 is 6.10 Å². The Balaban J connectivity index is 2.22. The van der Waals surface area contributed by atoms with Crippen LogP contribution in [0.3, 0.4) is 0 Å². The van der Waals surface area contributed by atoms with Crippen molar-refractivity contribution in [1.29, 1.82) is 0 Å². The molecule has 0 aliphatic rings. The average molecular weight is 216 g/mol. The second kappa shape index (κ2) is 4.49. The standard InChI is InChI=1S/C13H16N2O/c1-9(2)10-3-5-11(6-4-10)12(16)13-14-7-8-15-13/h3-9,12,16H,1-2H3,(H,14,15). The quantitative estimate of drug-likeness (QED) is 0.828. The van der Waals surface area contributed by atoms with Crippen LogP contribution in [0.4, 0.5) is 0 Å². The molecule has 1 atom stereocenters.